The molecule has 1 fully saturated rings. The van der Waals surface area contributed by atoms with E-state index >= 15 is 0 Å². The number of benzene rings is 2. The van der Waals surface area contributed by atoms with Gasteiger partial charge in [0.25, 0.3) is 5.91 Å². The third-order valence-corrected chi connectivity index (χ3v) is 6.02. The minimum atomic E-state index is -0.521. The molecule has 4 nitrogen and oxygen atoms in total. The summed E-state index contributed by atoms with van der Waals surface area (Å²) in [4.78, 5) is 19.4. The Balaban J connectivity index is 1.75. The van der Waals surface area contributed by atoms with E-state index in [0.717, 1.165) is 28.6 Å². The normalized spacial score (nSPS) is 16.8. The van der Waals surface area contributed by atoms with E-state index in [9.17, 15) is 9.18 Å². The number of aromatic nitrogens is 1. The van der Waals surface area contributed by atoms with E-state index in [1.165, 1.54) is 29.0 Å². The zero-order valence-corrected chi connectivity index (χ0v) is 16.2. The molecule has 1 saturated heterocycles. The molecule has 2 aromatic carbocycles. The Morgan fingerprint density at radius 1 is 1.30 bits per heavy atom. The first-order valence-corrected chi connectivity index (χ1v) is 9.90. The van der Waals surface area contributed by atoms with E-state index in [2.05, 4.69) is 18.0 Å². The number of thiazole rings is 1. The van der Waals surface area contributed by atoms with Gasteiger partial charge in [0.2, 0.25) is 0 Å². The van der Waals surface area contributed by atoms with Crippen molar-refractivity contribution in [2.45, 2.75) is 32.8 Å². The van der Waals surface area contributed by atoms with Crippen molar-refractivity contribution >= 4 is 32.6 Å². The SMILES string of the molecule is Cc1cc2nc(N(CC3CCCO3)C(=O)c3ccccc3F)sc2cc1C. The number of halogens is 1. The Labute approximate surface area is 161 Å². The van der Waals surface area contributed by atoms with Gasteiger partial charge in [-0.3, -0.25) is 9.69 Å². The number of carbonyl (C=O) groups is 1. The van der Waals surface area contributed by atoms with Crippen molar-refractivity contribution < 1.29 is 13.9 Å². The van der Waals surface area contributed by atoms with Gasteiger partial charge in [-0.2, -0.15) is 0 Å². The largest absolute Gasteiger partial charge is 0.376 e. The van der Waals surface area contributed by atoms with Gasteiger partial charge in [-0.15, -0.1) is 0 Å². The molecule has 1 unspecified atom stereocenters. The number of fused-ring (bicyclic) bond motifs is 1. The summed E-state index contributed by atoms with van der Waals surface area (Å²) in [6.07, 6.45) is 1.82. The second-order valence-corrected chi connectivity index (χ2v) is 7.94. The Kier molecular flexibility index (Phi) is 4.93. The predicted molar refractivity (Wildman–Crippen MR) is 106 cm³/mol. The number of carbonyl (C=O) groups excluding carboxylic acids is 1. The van der Waals surface area contributed by atoms with Gasteiger partial charge in [-0.1, -0.05) is 23.5 Å². The van der Waals surface area contributed by atoms with Crippen molar-refractivity contribution in [3.63, 3.8) is 0 Å². The van der Waals surface area contributed by atoms with Crippen LogP contribution in [0.15, 0.2) is 36.4 Å². The first kappa shape index (κ1) is 18.1. The maximum Gasteiger partial charge on any atom is 0.263 e. The Morgan fingerprint density at radius 3 is 2.81 bits per heavy atom. The summed E-state index contributed by atoms with van der Waals surface area (Å²) < 4.78 is 21.0. The molecule has 1 atom stereocenters. The first-order chi connectivity index (χ1) is 13.0. The second-order valence-electron chi connectivity index (χ2n) is 6.93. The van der Waals surface area contributed by atoms with Crippen LogP contribution in [0.4, 0.5) is 9.52 Å². The fraction of sp³-hybridized carbons (Fsp3) is 0.333. The zero-order valence-electron chi connectivity index (χ0n) is 15.4. The number of hydrogen-bond donors (Lipinski definition) is 0. The molecule has 3 aromatic rings. The highest BCUT2D eigenvalue weighted by Gasteiger charge is 2.28. The lowest BCUT2D eigenvalue weighted by molar-refractivity contribution is 0.0914. The molecule has 140 valence electrons. The number of aryl methyl sites for hydroxylation is 2. The van der Waals surface area contributed by atoms with Crippen LogP contribution in [0, 0.1) is 19.7 Å². The topological polar surface area (TPSA) is 42.4 Å². The fourth-order valence-electron chi connectivity index (χ4n) is 3.30. The number of hydrogen-bond acceptors (Lipinski definition) is 4. The minimum Gasteiger partial charge on any atom is -0.376 e. The number of amides is 1. The van der Waals surface area contributed by atoms with Gasteiger partial charge >= 0.3 is 0 Å². The van der Waals surface area contributed by atoms with Crippen molar-refractivity contribution in [3.05, 3.63) is 58.9 Å². The van der Waals surface area contributed by atoms with Gasteiger partial charge in [0.1, 0.15) is 5.82 Å². The lowest BCUT2D eigenvalue weighted by Gasteiger charge is -2.23. The van der Waals surface area contributed by atoms with Gasteiger partial charge in [-0.25, -0.2) is 9.37 Å². The van der Waals surface area contributed by atoms with Gasteiger partial charge in [-0.05, 0) is 62.1 Å². The molecule has 2 heterocycles. The van der Waals surface area contributed by atoms with Crippen molar-refractivity contribution in [2.75, 3.05) is 18.1 Å². The van der Waals surface area contributed by atoms with E-state index in [0.29, 0.717) is 18.3 Å². The van der Waals surface area contributed by atoms with Crippen molar-refractivity contribution in [3.8, 4) is 0 Å². The fourth-order valence-corrected chi connectivity index (χ4v) is 4.36. The Hall–Kier alpha value is -2.31. The average molecular weight is 384 g/mol. The summed E-state index contributed by atoms with van der Waals surface area (Å²) in [6, 6.07) is 10.2. The molecule has 0 N–H and O–H groups in total. The number of anilines is 1. The second kappa shape index (κ2) is 7.37. The van der Waals surface area contributed by atoms with Crippen LogP contribution >= 0.6 is 11.3 Å². The smallest absolute Gasteiger partial charge is 0.263 e. The van der Waals surface area contributed by atoms with Crippen molar-refractivity contribution in [2.24, 2.45) is 0 Å². The summed E-state index contributed by atoms with van der Waals surface area (Å²) in [5.74, 6) is -0.899. The quantitative estimate of drug-likeness (QED) is 0.644. The minimum absolute atomic E-state index is 0.0452. The van der Waals surface area contributed by atoms with Crippen molar-refractivity contribution in [1.29, 1.82) is 0 Å². The van der Waals surface area contributed by atoms with Crippen LogP contribution in [0.25, 0.3) is 10.2 Å². The molecule has 0 bridgehead atoms. The average Bonchev–Trinajstić information content (AvgIpc) is 3.29. The summed E-state index contributed by atoms with van der Waals surface area (Å²) in [5.41, 5.74) is 3.26. The third kappa shape index (κ3) is 3.59. The Bertz CT molecular complexity index is 956. The molecule has 0 radical (unpaired) electrons. The summed E-state index contributed by atoms with van der Waals surface area (Å²) in [5, 5.41) is 0.582. The molecule has 1 aliphatic rings. The molecule has 27 heavy (non-hydrogen) atoms. The molecule has 1 aliphatic heterocycles. The lowest BCUT2D eigenvalue weighted by atomic mass is 10.1. The van der Waals surface area contributed by atoms with Crippen LogP contribution in [0.5, 0.6) is 0 Å². The number of ether oxygens (including phenoxy) is 1. The molecule has 0 spiro atoms. The monoisotopic (exact) mass is 384 g/mol. The molecule has 4 rings (SSSR count). The maximum absolute atomic E-state index is 14.2. The highest BCUT2D eigenvalue weighted by Crippen LogP contribution is 2.32. The van der Waals surface area contributed by atoms with E-state index in [1.807, 2.05) is 13.0 Å². The van der Waals surface area contributed by atoms with E-state index in [1.54, 1.807) is 17.0 Å². The molecular formula is C21H21FN2O2S. The van der Waals surface area contributed by atoms with Gasteiger partial charge < -0.3 is 4.74 Å². The maximum atomic E-state index is 14.2. The van der Waals surface area contributed by atoms with E-state index < -0.39 is 5.82 Å². The predicted octanol–water partition coefficient (Wildman–Crippen LogP) is 4.88. The molecular weight excluding hydrogens is 363 g/mol. The summed E-state index contributed by atoms with van der Waals surface area (Å²) in [6.45, 7) is 5.18. The molecule has 0 aliphatic carbocycles. The van der Waals surface area contributed by atoms with E-state index in [-0.39, 0.29) is 17.6 Å². The first-order valence-electron chi connectivity index (χ1n) is 9.08. The van der Waals surface area contributed by atoms with Crippen LogP contribution in [0.1, 0.15) is 34.3 Å². The highest BCUT2D eigenvalue weighted by molar-refractivity contribution is 7.22. The highest BCUT2D eigenvalue weighted by atomic mass is 32.1. The summed E-state index contributed by atoms with van der Waals surface area (Å²) in [7, 11) is 0. The summed E-state index contributed by atoms with van der Waals surface area (Å²) >= 11 is 1.46. The third-order valence-electron chi connectivity index (χ3n) is 4.98. The number of nitrogens with zero attached hydrogens (tertiary/aromatic N) is 2. The van der Waals surface area contributed by atoms with Crippen LogP contribution in [0.2, 0.25) is 0 Å². The molecule has 1 amide bonds. The number of rotatable bonds is 4. The van der Waals surface area contributed by atoms with Crippen LogP contribution < -0.4 is 4.90 Å². The van der Waals surface area contributed by atoms with Crippen LogP contribution in [-0.2, 0) is 4.74 Å². The zero-order chi connectivity index (χ0) is 19.0. The lowest BCUT2D eigenvalue weighted by Crippen LogP contribution is -2.37. The van der Waals surface area contributed by atoms with Gasteiger partial charge in [0.05, 0.1) is 28.4 Å². The van der Waals surface area contributed by atoms with E-state index in [4.69, 9.17) is 4.74 Å². The van der Waals surface area contributed by atoms with Gasteiger partial charge in [0.15, 0.2) is 5.13 Å². The van der Waals surface area contributed by atoms with Crippen LogP contribution in [-0.4, -0.2) is 30.1 Å². The Morgan fingerprint density at radius 2 is 2.07 bits per heavy atom. The standard InChI is InChI=1S/C21H21FN2O2S/c1-13-10-18-19(11-14(13)2)27-21(23-18)24(12-15-6-5-9-26-15)20(25)16-7-3-4-8-17(16)22/h3-4,7-8,10-11,15H,5-6,9,12H2,1-2H3. The van der Waals surface area contributed by atoms with Crippen LogP contribution in [0.3, 0.4) is 0 Å². The van der Waals surface area contributed by atoms with Crippen molar-refractivity contribution in [1.82, 2.24) is 4.98 Å². The molecule has 1 aromatic heterocycles. The molecule has 6 heteroatoms. The van der Waals surface area contributed by atoms with Gasteiger partial charge in [0, 0.05) is 6.61 Å². The molecule has 0 saturated carbocycles.